The molecule has 8 nitrogen and oxygen atoms in total. The lowest BCUT2D eigenvalue weighted by atomic mass is 10.2. The van der Waals surface area contributed by atoms with Crippen LogP contribution < -0.4 is 14.4 Å². The van der Waals surface area contributed by atoms with Crippen LogP contribution in [0.15, 0.2) is 96.4 Å². The lowest BCUT2D eigenvalue weighted by Gasteiger charge is -2.23. The molecule has 0 aromatic heterocycles. The zero-order valence-corrected chi connectivity index (χ0v) is 20.0. The number of carbonyl (C=O) groups is 2. The Labute approximate surface area is 204 Å². The normalized spacial score (nSPS) is 10.8. The second kappa shape index (κ2) is 11.8. The first kappa shape index (κ1) is 25.5. The van der Waals surface area contributed by atoms with Gasteiger partial charge in [0, 0.05) is 12.1 Å². The molecule has 0 aliphatic carbocycles. The van der Waals surface area contributed by atoms with Crippen LogP contribution in [0.3, 0.4) is 0 Å². The van der Waals surface area contributed by atoms with E-state index in [0.29, 0.717) is 11.4 Å². The molecular formula is C26H26N2O6S. The fourth-order valence-electron chi connectivity index (χ4n) is 3.27. The van der Waals surface area contributed by atoms with E-state index >= 15 is 0 Å². The van der Waals surface area contributed by atoms with Crippen molar-refractivity contribution in [2.75, 3.05) is 24.6 Å². The van der Waals surface area contributed by atoms with Crippen molar-refractivity contribution in [2.24, 2.45) is 0 Å². The molecule has 0 atom stereocenters. The van der Waals surface area contributed by atoms with Crippen LogP contribution in [0.25, 0.3) is 0 Å². The first-order valence-corrected chi connectivity index (χ1v) is 12.1. The summed E-state index contributed by atoms with van der Waals surface area (Å²) < 4.78 is 38.1. The van der Waals surface area contributed by atoms with Crippen molar-refractivity contribution in [3.8, 4) is 5.75 Å². The number of hydrogen-bond donors (Lipinski definition) is 1. The predicted molar refractivity (Wildman–Crippen MR) is 133 cm³/mol. The van der Waals surface area contributed by atoms with E-state index in [1.807, 2.05) is 18.2 Å². The Morgan fingerprint density at radius 3 is 2.43 bits per heavy atom. The van der Waals surface area contributed by atoms with Crippen molar-refractivity contribution in [3.05, 3.63) is 103 Å². The summed E-state index contributed by atoms with van der Waals surface area (Å²) in [5.74, 6) is -0.692. The molecule has 0 aliphatic heterocycles. The zero-order chi connectivity index (χ0) is 25.3. The summed E-state index contributed by atoms with van der Waals surface area (Å²) in [6.45, 7) is 3.37. The van der Waals surface area contributed by atoms with E-state index in [2.05, 4.69) is 11.9 Å². The Bertz CT molecular complexity index is 1290. The smallest absolute Gasteiger partial charge is 0.338 e. The molecule has 0 saturated carbocycles. The van der Waals surface area contributed by atoms with Gasteiger partial charge < -0.3 is 14.8 Å². The maximum atomic E-state index is 13.3. The number of ether oxygens (including phenoxy) is 2. The van der Waals surface area contributed by atoms with Gasteiger partial charge in [-0.1, -0.05) is 48.5 Å². The molecule has 3 aromatic carbocycles. The lowest BCUT2D eigenvalue weighted by molar-refractivity contribution is -0.124. The fourth-order valence-corrected chi connectivity index (χ4v) is 4.75. The standard InChI is InChI=1S/C26H26N2O6S/c1-3-16-28(22-12-5-4-6-13-22)35(31,32)23-14-9-11-20(17-23)26(30)34-19-25(29)27-18-21-10-7-8-15-24(21)33-2/h3-15,17H,1,16,18-19H2,2H3,(H,27,29). The van der Waals surface area contributed by atoms with Crippen LogP contribution in [0.1, 0.15) is 15.9 Å². The summed E-state index contributed by atoms with van der Waals surface area (Å²) in [7, 11) is -2.45. The first-order valence-electron chi connectivity index (χ1n) is 10.7. The van der Waals surface area contributed by atoms with E-state index in [-0.39, 0.29) is 23.5 Å². The summed E-state index contributed by atoms with van der Waals surface area (Å²) in [6.07, 6.45) is 1.48. The topological polar surface area (TPSA) is 102 Å². The average molecular weight is 495 g/mol. The van der Waals surface area contributed by atoms with Gasteiger partial charge in [-0.15, -0.1) is 6.58 Å². The third-order valence-electron chi connectivity index (χ3n) is 5.00. The van der Waals surface area contributed by atoms with Crippen LogP contribution in [0.2, 0.25) is 0 Å². The molecule has 0 saturated heterocycles. The van der Waals surface area contributed by atoms with E-state index in [9.17, 15) is 18.0 Å². The van der Waals surface area contributed by atoms with Gasteiger partial charge in [0.2, 0.25) is 0 Å². The average Bonchev–Trinajstić information content (AvgIpc) is 2.89. The van der Waals surface area contributed by atoms with E-state index in [4.69, 9.17) is 9.47 Å². The fraction of sp³-hybridized carbons (Fsp3) is 0.154. The molecule has 0 bridgehead atoms. The Kier molecular flexibility index (Phi) is 8.63. The van der Waals surface area contributed by atoms with Crippen LogP contribution >= 0.6 is 0 Å². The summed E-state index contributed by atoms with van der Waals surface area (Å²) in [6, 6.07) is 21.3. The summed E-state index contributed by atoms with van der Waals surface area (Å²) in [4.78, 5) is 24.6. The summed E-state index contributed by atoms with van der Waals surface area (Å²) in [5.41, 5.74) is 1.25. The monoisotopic (exact) mass is 494 g/mol. The second-order valence-electron chi connectivity index (χ2n) is 7.35. The number of carbonyl (C=O) groups excluding carboxylic acids is 2. The number of esters is 1. The Morgan fingerprint density at radius 2 is 1.71 bits per heavy atom. The number of nitrogens with zero attached hydrogens (tertiary/aromatic N) is 1. The minimum atomic E-state index is -3.99. The number of methoxy groups -OCH3 is 1. The van der Waals surface area contributed by atoms with Gasteiger partial charge >= 0.3 is 5.97 Å². The van der Waals surface area contributed by atoms with Crippen LogP contribution in [0.5, 0.6) is 5.75 Å². The predicted octanol–water partition coefficient (Wildman–Crippen LogP) is 3.55. The molecule has 1 amide bonds. The Hall–Kier alpha value is -4.11. The van der Waals surface area contributed by atoms with Gasteiger partial charge in [-0.3, -0.25) is 9.10 Å². The largest absolute Gasteiger partial charge is 0.496 e. The molecule has 0 heterocycles. The van der Waals surface area contributed by atoms with Crippen LogP contribution in [-0.4, -0.2) is 40.6 Å². The van der Waals surface area contributed by atoms with Gasteiger partial charge in [0.05, 0.1) is 29.8 Å². The van der Waals surface area contributed by atoms with Gasteiger partial charge in [0.15, 0.2) is 6.61 Å². The minimum Gasteiger partial charge on any atom is -0.496 e. The van der Waals surface area contributed by atoms with Crippen LogP contribution in [0, 0.1) is 0 Å². The number of para-hydroxylation sites is 2. The number of sulfonamides is 1. The Morgan fingerprint density at radius 1 is 1.00 bits per heavy atom. The number of hydrogen-bond acceptors (Lipinski definition) is 6. The number of amides is 1. The van der Waals surface area contributed by atoms with Crippen molar-refractivity contribution in [2.45, 2.75) is 11.4 Å². The minimum absolute atomic E-state index is 0.00946. The molecule has 1 N–H and O–H groups in total. The van der Waals surface area contributed by atoms with Gasteiger partial charge in [0.25, 0.3) is 15.9 Å². The molecule has 0 spiro atoms. The van der Waals surface area contributed by atoms with Gasteiger partial charge in [-0.05, 0) is 36.4 Å². The molecule has 182 valence electrons. The van der Waals surface area contributed by atoms with E-state index in [1.54, 1.807) is 36.4 Å². The van der Waals surface area contributed by atoms with Gasteiger partial charge in [-0.25, -0.2) is 13.2 Å². The molecule has 9 heteroatoms. The highest BCUT2D eigenvalue weighted by molar-refractivity contribution is 7.92. The number of rotatable bonds is 11. The van der Waals surface area contributed by atoms with E-state index in [1.165, 1.54) is 41.8 Å². The quantitative estimate of drug-likeness (QED) is 0.323. The first-order chi connectivity index (χ1) is 16.9. The zero-order valence-electron chi connectivity index (χ0n) is 19.2. The van der Waals surface area contributed by atoms with Crippen molar-refractivity contribution in [1.82, 2.24) is 5.32 Å². The molecule has 35 heavy (non-hydrogen) atoms. The van der Waals surface area contributed by atoms with E-state index in [0.717, 1.165) is 5.56 Å². The maximum Gasteiger partial charge on any atom is 0.338 e. The van der Waals surface area contributed by atoms with Crippen molar-refractivity contribution >= 4 is 27.6 Å². The summed E-state index contributed by atoms with van der Waals surface area (Å²) in [5, 5.41) is 2.66. The molecule has 0 fully saturated rings. The van der Waals surface area contributed by atoms with Crippen LogP contribution in [0.4, 0.5) is 5.69 Å². The van der Waals surface area contributed by atoms with Crippen molar-refractivity contribution in [1.29, 1.82) is 0 Å². The highest BCUT2D eigenvalue weighted by Crippen LogP contribution is 2.24. The van der Waals surface area contributed by atoms with Crippen molar-refractivity contribution in [3.63, 3.8) is 0 Å². The van der Waals surface area contributed by atoms with Gasteiger partial charge in [-0.2, -0.15) is 0 Å². The Balaban J connectivity index is 1.67. The van der Waals surface area contributed by atoms with Gasteiger partial charge in [0.1, 0.15) is 5.75 Å². The third kappa shape index (κ3) is 6.48. The third-order valence-corrected chi connectivity index (χ3v) is 6.79. The summed E-state index contributed by atoms with van der Waals surface area (Å²) >= 11 is 0. The lowest BCUT2D eigenvalue weighted by Crippen LogP contribution is -2.31. The molecular weight excluding hydrogens is 468 g/mol. The number of anilines is 1. The molecule has 0 unspecified atom stereocenters. The van der Waals surface area contributed by atoms with E-state index < -0.39 is 28.5 Å². The number of benzene rings is 3. The SMILES string of the molecule is C=CCN(c1ccccc1)S(=O)(=O)c1cccc(C(=O)OCC(=O)NCc2ccccc2OC)c1. The second-order valence-corrected chi connectivity index (χ2v) is 9.22. The van der Waals surface area contributed by atoms with Crippen molar-refractivity contribution < 1.29 is 27.5 Å². The molecule has 0 aliphatic rings. The number of nitrogens with one attached hydrogen (secondary N) is 1. The maximum absolute atomic E-state index is 13.3. The molecule has 0 radical (unpaired) electrons. The molecule has 3 rings (SSSR count). The highest BCUT2D eigenvalue weighted by atomic mass is 32.2. The van der Waals surface area contributed by atoms with Crippen LogP contribution in [-0.2, 0) is 26.1 Å². The highest BCUT2D eigenvalue weighted by Gasteiger charge is 2.25. The molecule has 3 aromatic rings.